The summed E-state index contributed by atoms with van der Waals surface area (Å²) in [5, 5.41) is 29.0. The molecule has 0 saturated carbocycles. The highest BCUT2D eigenvalue weighted by atomic mass is 32.1. The number of azo groups is 1. The highest BCUT2D eigenvalue weighted by Crippen LogP contribution is 2.39. The normalized spacial score (nSPS) is 14.7. The standard InChI is InChI=1S/C15H13N5O3S/c16-10-13-9-14(15(24-13)19-5-7-23-8-6-19)18-17-11-1-3-12(4-2-11)20(21)22/h1-4,9H,5-8H2. The predicted octanol–water partition coefficient (Wildman–Crippen LogP) is 3.78. The smallest absolute Gasteiger partial charge is 0.269 e. The van der Waals surface area contributed by atoms with E-state index in [2.05, 4.69) is 21.2 Å². The number of thiophene rings is 1. The van der Waals surface area contributed by atoms with Gasteiger partial charge >= 0.3 is 0 Å². The molecule has 3 rings (SSSR count). The number of benzene rings is 1. The lowest BCUT2D eigenvalue weighted by molar-refractivity contribution is -0.384. The van der Waals surface area contributed by atoms with E-state index < -0.39 is 4.92 Å². The molecule has 0 amide bonds. The summed E-state index contributed by atoms with van der Waals surface area (Å²) in [4.78, 5) is 12.9. The third-order valence-electron chi connectivity index (χ3n) is 3.44. The number of hydrogen-bond donors (Lipinski definition) is 0. The number of nitriles is 1. The van der Waals surface area contributed by atoms with Crippen LogP contribution in [0.3, 0.4) is 0 Å². The highest BCUT2D eigenvalue weighted by molar-refractivity contribution is 7.17. The molecule has 24 heavy (non-hydrogen) atoms. The molecule has 1 aliphatic rings. The number of non-ortho nitro benzene ring substituents is 1. The van der Waals surface area contributed by atoms with Gasteiger partial charge in [-0.05, 0) is 18.2 Å². The van der Waals surface area contributed by atoms with Crippen molar-refractivity contribution < 1.29 is 9.66 Å². The van der Waals surface area contributed by atoms with Gasteiger partial charge < -0.3 is 9.64 Å². The van der Waals surface area contributed by atoms with Crippen LogP contribution in [-0.2, 0) is 4.74 Å². The molecule has 1 aromatic carbocycles. The van der Waals surface area contributed by atoms with E-state index in [1.165, 1.54) is 35.6 Å². The number of nitro groups is 1. The summed E-state index contributed by atoms with van der Waals surface area (Å²) in [5.41, 5.74) is 1.14. The number of hydrogen-bond acceptors (Lipinski definition) is 8. The van der Waals surface area contributed by atoms with E-state index in [9.17, 15) is 10.1 Å². The summed E-state index contributed by atoms with van der Waals surface area (Å²) in [5.74, 6) is 0. The summed E-state index contributed by atoms with van der Waals surface area (Å²) in [6, 6.07) is 9.66. The molecule has 1 saturated heterocycles. The van der Waals surface area contributed by atoms with Crippen molar-refractivity contribution in [2.75, 3.05) is 31.2 Å². The Kier molecular flexibility index (Phi) is 4.79. The lowest BCUT2D eigenvalue weighted by atomic mass is 10.3. The van der Waals surface area contributed by atoms with E-state index in [0.29, 0.717) is 29.5 Å². The minimum absolute atomic E-state index is 0.00487. The second kappa shape index (κ2) is 7.16. The number of ether oxygens (including phenoxy) is 1. The Labute approximate surface area is 141 Å². The van der Waals surface area contributed by atoms with Gasteiger partial charge in [0.25, 0.3) is 5.69 Å². The van der Waals surface area contributed by atoms with Gasteiger partial charge in [-0.25, -0.2) is 0 Å². The van der Waals surface area contributed by atoms with Gasteiger partial charge in [0.2, 0.25) is 0 Å². The van der Waals surface area contributed by atoms with Crippen molar-refractivity contribution in [2.24, 2.45) is 10.2 Å². The average molecular weight is 343 g/mol. The average Bonchev–Trinajstić information content (AvgIpc) is 3.04. The number of rotatable bonds is 4. The van der Waals surface area contributed by atoms with Gasteiger partial charge in [-0.15, -0.1) is 16.5 Å². The van der Waals surface area contributed by atoms with Crippen LogP contribution < -0.4 is 4.90 Å². The van der Waals surface area contributed by atoms with Gasteiger partial charge in [-0.2, -0.15) is 10.4 Å². The molecule has 1 fully saturated rings. The maximum absolute atomic E-state index is 10.7. The summed E-state index contributed by atoms with van der Waals surface area (Å²) in [6.07, 6.45) is 0. The molecule has 0 aliphatic carbocycles. The lowest BCUT2D eigenvalue weighted by Gasteiger charge is -2.27. The van der Waals surface area contributed by atoms with Crippen LogP contribution in [0.1, 0.15) is 4.88 Å². The van der Waals surface area contributed by atoms with Crippen molar-refractivity contribution in [1.82, 2.24) is 0 Å². The van der Waals surface area contributed by atoms with Crippen molar-refractivity contribution in [2.45, 2.75) is 0 Å². The van der Waals surface area contributed by atoms with E-state index in [0.717, 1.165) is 18.1 Å². The molecule has 122 valence electrons. The number of nitrogens with zero attached hydrogens (tertiary/aromatic N) is 5. The summed E-state index contributed by atoms with van der Waals surface area (Å²) < 4.78 is 5.34. The van der Waals surface area contributed by atoms with Gasteiger partial charge in [-0.1, -0.05) is 0 Å². The zero-order chi connectivity index (χ0) is 16.9. The molecule has 8 nitrogen and oxygen atoms in total. The quantitative estimate of drug-likeness (QED) is 0.477. The van der Waals surface area contributed by atoms with Crippen molar-refractivity contribution in [1.29, 1.82) is 5.26 Å². The van der Waals surface area contributed by atoms with Crippen molar-refractivity contribution in [3.63, 3.8) is 0 Å². The zero-order valence-corrected chi connectivity index (χ0v) is 13.4. The number of morpholine rings is 1. The minimum atomic E-state index is -0.463. The first-order valence-electron chi connectivity index (χ1n) is 7.20. The molecule has 0 unspecified atom stereocenters. The molecule has 9 heteroatoms. The highest BCUT2D eigenvalue weighted by Gasteiger charge is 2.18. The van der Waals surface area contributed by atoms with Crippen LogP contribution >= 0.6 is 11.3 Å². The SMILES string of the molecule is N#Cc1cc(N=Nc2ccc([N+](=O)[O-])cc2)c(N2CCOCC2)s1. The van der Waals surface area contributed by atoms with Crippen LogP contribution in [0.2, 0.25) is 0 Å². The van der Waals surface area contributed by atoms with Crippen molar-refractivity contribution >= 4 is 33.4 Å². The van der Waals surface area contributed by atoms with Crippen LogP contribution in [0.25, 0.3) is 0 Å². The van der Waals surface area contributed by atoms with Gasteiger partial charge in [-0.3, -0.25) is 10.1 Å². The minimum Gasteiger partial charge on any atom is -0.378 e. The van der Waals surface area contributed by atoms with Gasteiger partial charge in [0.15, 0.2) is 0 Å². The fourth-order valence-electron chi connectivity index (χ4n) is 2.24. The van der Waals surface area contributed by atoms with Gasteiger partial charge in [0, 0.05) is 25.2 Å². The summed E-state index contributed by atoms with van der Waals surface area (Å²) >= 11 is 1.37. The van der Waals surface area contributed by atoms with E-state index in [4.69, 9.17) is 10.00 Å². The zero-order valence-electron chi connectivity index (χ0n) is 12.6. The van der Waals surface area contributed by atoms with Crippen LogP contribution in [0.4, 0.5) is 22.1 Å². The fraction of sp³-hybridized carbons (Fsp3) is 0.267. The summed E-state index contributed by atoms with van der Waals surface area (Å²) in [7, 11) is 0. The first kappa shape index (κ1) is 16.0. The maximum Gasteiger partial charge on any atom is 0.269 e. The van der Waals surface area contributed by atoms with E-state index in [1.807, 2.05) is 0 Å². The Morgan fingerprint density at radius 2 is 1.96 bits per heavy atom. The van der Waals surface area contributed by atoms with Crippen LogP contribution in [0.5, 0.6) is 0 Å². The third kappa shape index (κ3) is 3.56. The Morgan fingerprint density at radius 1 is 1.25 bits per heavy atom. The summed E-state index contributed by atoms with van der Waals surface area (Å²) in [6.45, 7) is 2.76. The second-order valence-electron chi connectivity index (χ2n) is 4.99. The third-order valence-corrected chi connectivity index (χ3v) is 4.53. The van der Waals surface area contributed by atoms with Gasteiger partial charge in [0.05, 0.1) is 23.8 Å². The number of nitro benzene ring substituents is 1. The molecule has 0 bridgehead atoms. The molecule has 0 spiro atoms. The molecule has 2 heterocycles. The molecular formula is C15H13N5O3S. The Hall–Kier alpha value is -2.83. The molecule has 0 radical (unpaired) electrons. The molecular weight excluding hydrogens is 330 g/mol. The second-order valence-corrected chi connectivity index (χ2v) is 6.02. The molecule has 0 atom stereocenters. The molecule has 1 aromatic heterocycles. The predicted molar refractivity (Wildman–Crippen MR) is 89.3 cm³/mol. The first-order valence-corrected chi connectivity index (χ1v) is 8.02. The van der Waals surface area contributed by atoms with Crippen LogP contribution in [-0.4, -0.2) is 31.2 Å². The van der Waals surface area contributed by atoms with Crippen LogP contribution in [0.15, 0.2) is 40.6 Å². The molecule has 2 aromatic rings. The Balaban J connectivity index is 1.84. The van der Waals surface area contributed by atoms with E-state index >= 15 is 0 Å². The number of anilines is 1. The monoisotopic (exact) mass is 343 g/mol. The van der Waals surface area contributed by atoms with Crippen LogP contribution in [0, 0.1) is 21.4 Å². The van der Waals surface area contributed by atoms with Crippen molar-refractivity contribution in [3.8, 4) is 6.07 Å². The first-order chi connectivity index (χ1) is 11.7. The Morgan fingerprint density at radius 3 is 2.58 bits per heavy atom. The van der Waals surface area contributed by atoms with E-state index in [1.54, 1.807) is 6.07 Å². The largest absolute Gasteiger partial charge is 0.378 e. The van der Waals surface area contributed by atoms with E-state index in [-0.39, 0.29) is 5.69 Å². The van der Waals surface area contributed by atoms with Gasteiger partial charge in [0.1, 0.15) is 21.6 Å². The lowest BCUT2D eigenvalue weighted by Crippen LogP contribution is -2.35. The topological polar surface area (TPSA) is 104 Å². The molecule has 0 N–H and O–H groups in total. The fourth-order valence-corrected chi connectivity index (χ4v) is 3.18. The Bertz CT molecular complexity index is 804. The molecule has 1 aliphatic heterocycles. The van der Waals surface area contributed by atoms with Crippen molar-refractivity contribution in [3.05, 3.63) is 45.3 Å². The maximum atomic E-state index is 10.7.